The Morgan fingerprint density at radius 3 is 2.31 bits per heavy atom. The Labute approximate surface area is 103 Å². The van der Waals surface area contributed by atoms with Crippen LogP contribution in [0.1, 0.15) is 45.3 Å². The minimum absolute atomic E-state index is 0.310. The second kappa shape index (κ2) is 6.97. The van der Waals surface area contributed by atoms with E-state index >= 15 is 0 Å². The molecule has 0 saturated carbocycles. The van der Waals surface area contributed by atoms with E-state index in [0.717, 1.165) is 17.9 Å². The summed E-state index contributed by atoms with van der Waals surface area (Å²) in [7, 11) is 0. The standard InChI is InChI=1S/C14H22OS/c1-4-14(15)12-5-7-13(8-6-12)16-10-9-11(2)3/h5-8,11,14-15H,4,9-10H2,1-3H3/t14-/m0/s1. The zero-order valence-corrected chi connectivity index (χ0v) is 11.3. The molecule has 0 aliphatic carbocycles. The van der Waals surface area contributed by atoms with Crippen molar-refractivity contribution in [1.29, 1.82) is 0 Å². The summed E-state index contributed by atoms with van der Waals surface area (Å²) in [5.74, 6) is 1.95. The topological polar surface area (TPSA) is 20.2 Å². The van der Waals surface area contributed by atoms with Crippen molar-refractivity contribution < 1.29 is 5.11 Å². The van der Waals surface area contributed by atoms with E-state index in [1.54, 1.807) is 0 Å². The van der Waals surface area contributed by atoms with Crippen LogP contribution in [-0.2, 0) is 0 Å². The van der Waals surface area contributed by atoms with Crippen molar-refractivity contribution in [3.05, 3.63) is 29.8 Å². The third-order valence-electron chi connectivity index (χ3n) is 2.62. The first-order chi connectivity index (χ1) is 7.63. The van der Waals surface area contributed by atoms with E-state index in [9.17, 15) is 5.11 Å². The van der Waals surface area contributed by atoms with Gasteiger partial charge in [0.2, 0.25) is 0 Å². The Morgan fingerprint density at radius 2 is 1.81 bits per heavy atom. The van der Waals surface area contributed by atoms with Crippen LogP contribution in [0, 0.1) is 5.92 Å². The predicted octanol–water partition coefficient (Wildman–Crippen LogP) is 4.27. The largest absolute Gasteiger partial charge is 0.388 e. The number of aliphatic hydroxyl groups is 1. The highest BCUT2D eigenvalue weighted by Crippen LogP contribution is 2.23. The average molecular weight is 238 g/mol. The van der Waals surface area contributed by atoms with Gasteiger partial charge in [-0.1, -0.05) is 32.9 Å². The Balaban J connectivity index is 2.45. The molecule has 2 heteroatoms. The van der Waals surface area contributed by atoms with Gasteiger partial charge in [-0.3, -0.25) is 0 Å². The molecule has 1 atom stereocenters. The first kappa shape index (κ1) is 13.6. The highest BCUT2D eigenvalue weighted by atomic mass is 32.2. The fourth-order valence-corrected chi connectivity index (χ4v) is 2.59. The maximum atomic E-state index is 9.66. The van der Waals surface area contributed by atoms with Crippen LogP contribution in [0.15, 0.2) is 29.2 Å². The molecule has 0 bridgehead atoms. The normalized spacial score (nSPS) is 13.1. The lowest BCUT2D eigenvalue weighted by Crippen LogP contribution is -1.94. The second-order valence-electron chi connectivity index (χ2n) is 4.52. The van der Waals surface area contributed by atoms with Gasteiger partial charge in [0.15, 0.2) is 0 Å². The molecule has 1 aromatic carbocycles. The SMILES string of the molecule is CC[C@H](O)c1ccc(SCCC(C)C)cc1. The first-order valence-corrected chi connectivity index (χ1v) is 7.02. The maximum Gasteiger partial charge on any atom is 0.0787 e. The van der Waals surface area contributed by atoms with Crippen molar-refractivity contribution in [3.8, 4) is 0 Å². The van der Waals surface area contributed by atoms with E-state index in [1.165, 1.54) is 17.1 Å². The molecule has 0 aromatic heterocycles. The van der Waals surface area contributed by atoms with Crippen LogP contribution in [0.3, 0.4) is 0 Å². The predicted molar refractivity (Wildman–Crippen MR) is 71.9 cm³/mol. The lowest BCUT2D eigenvalue weighted by molar-refractivity contribution is 0.173. The molecule has 0 aliphatic heterocycles. The quantitative estimate of drug-likeness (QED) is 0.747. The van der Waals surface area contributed by atoms with E-state index in [1.807, 2.05) is 30.8 Å². The van der Waals surface area contributed by atoms with E-state index in [0.29, 0.717) is 0 Å². The van der Waals surface area contributed by atoms with Crippen LogP contribution in [-0.4, -0.2) is 10.9 Å². The van der Waals surface area contributed by atoms with Gasteiger partial charge < -0.3 is 5.11 Å². The van der Waals surface area contributed by atoms with Crippen LogP contribution in [0.2, 0.25) is 0 Å². The Bertz CT molecular complexity index is 292. The van der Waals surface area contributed by atoms with Gasteiger partial charge in [0.1, 0.15) is 0 Å². The van der Waals surface area contributed by atoms with E-state index in [2.05, 4.69) is 26.0 Å². The number of hydrogen-bond acceptors (Lipinski definition) is 2. The van der Waals surface area contributed by atoms with Gasteiger partial charge in [-0.25, -0.2) is 0 Å². The molecule has 0 amide bonds. The molecule has 1 N–H and O–H groups in total. The monoisotopic (exact) mass is 238 g/mol. The maximum absolute atomic E-state index is 9.66. The minimum Gasteiger partial charge on any atom is -0.388 e. The summed E-state index contributed by atoms with van der Waals surface area (Å²) < 4.78 is 0. The number of rotatable bonds is 6. The van der Waals surface area contributed by atoms with Crippen molar-refractivity contribution >= 4 is 11.8 Å². The zero-order valence-electron chi connectivity index (χ0n) is 10.4. The summed E-state index contributed by atoms with van der Waals surface area (Å²) in [5.41, 5.74) is 1.02. The smallest absolute Gasteiger partial charge is 0.0787 e. The first-order valence-electron chi connectivity index (χ1n) is 6.04. The fraction of sp³-hybridized carbons (Fsp3) is 0.571. The fourth-order valence-electron chi connectivity index (χ4n) is 1.43. The molecule has 1 aromatic rings. The third-order valence-corrected chi connectivity index (χ3v) is 3.66. The van der Waals surface area contributed by atoms with Crippen molar-refractivity contribution in [3.63, 3.8) is 0 Å². The molecule has 0 heterocycles. The average Bonchev–Trinajstić information content (AvgIpc) is 2.28. The molecule has 0 spiro atoms. The second-order valence-corrected chi connectivity index (χ2v) is 5.69. The van der Waals surface area contributed by atoms with Crippen molar-refractivity contribution in [2.24, 2.45) is 5.92 Å². The van der Waals surface area contributed by atoms with Crippen molar-refractivity contribution in [1.82, 2.24) is 0 Å². The molecule has 0 radical (unpaired) electrons. The van der Waals surface area contributed by atoms with Crippen LogP contribution < -0.4 is 0 Å². The Morgan fingerprint density at radius 1 is 1.19 bits per heavy atom. The number of benzene rings is 1. The summed E-state index contributed by atoms with van der Waals surface area (Å²) in [6.45, 7) is 6.50. The molecule has 0 saturated heterocycles. The Kier molecular flexibility index (Phi) is 5.93. The van der Waals surface area contributed by atoms with Crippen molar-refractivity contribution in [2.45, 2.75) is 44.6 Å². The molecule has 0 fully saturated rings. The Hall–Kier alpha value is -0.470. The summed E-state index contributed by atoms with van der Waals surface area (Å²) in [6, 6.07) is 8.29. The van der Waals surface area contributed by atoms with Gasteiger partial charge in [0.25, 0.3) is 0 Å². The summed E-state index contributed by atoms with van der Waals surface area (Å²) in [4.78, 5) is 1.30. The van der Waals surface area contributed by atoms with Crippen molar-refractivity contribution in [2.75, 3.05) is 5.75 Å². The molecule has 1 rings (SSSR count). The van der Waals surface area contributed by atoms with Gasteiger partial charge in [-0.15, -0.1) is 11.8 Å². The molecule has 90 valence electrons. The minimum atomic E-state index is -0.310. The lowest BCUT2D eigenvalue weighted by atomic mass is 10.1. The van der Waals surface area contributed by atoms with Gasteiger partial charge in [-0.05, 0) is 42.2 Å². The molecule has 0 unspecified atom stereocenters. The van der Waals surface area contributed by atoms with Gasteiger partial charge in [0, 0.05) is 4.90 Å². The zero-order chi connectivity index (χ0) is 12.0. The van der Waals surface area contributed by atoms with Gasteiger partial charge in [-0.2, -0.15) is 0 Å². The molecule has 0 aliphatic rings. The lowest BCUT2D eigenvalue weighted by Gasteiger charge is -2.09. The van der Waals surface area contributed by atoms with Crippen LogP contribution >= 0.6 is 11.8 Å². The highest BCUT2D eigenvalue weighted by molar-refractivity contribution is 7.99. The van der Waals surface area contributed by atoms with E-state index in [4.69, 9.17) is 0 Å². The van der Waals surface area contributed by atoms with Gasteiger partial charge >= 0.3 is 0 Å². The summed E-state index contributed by atoms with van der Waals surface area (Å²) >= 11 is 1.90. The summed E-state index contributed by atoms with van der Waals surface area (Å²) in [6.07, 6.45) is 1.72. The molecular formula is C14H22OS. The van der Waals surface area contributed by atoms with Gasteiger partial charge in [0.05, 0.1) is 6.10 Å². The molecule has 1 nitrogen and oxygen atoms in total. The summed E-state index contributed by atoms with van der Waals surface area (Å²) in [5, 5.41) is 9.66. The molecule has 16 heavy (non-hydrogen) atoms. The molecular weight excluding hydrogens is 216 g/mol. The third kappa shape index (κ3) is 4.58. The number of thioether (sulfide) groups is 1. The van der Waals surface area contributed by atoms with Crippen LogP contribution in [0.5, 0.6) is 0 Å². The van der Waals surface area contributed by atoms with Crippen LogP contribution in [0.25, 0.3) is 0 Å². The number of hydrogen-bond donors (Lipinski definition) is 1. The number of aliphatic hydroxyl groups excluding tert-OH is 1. The van der Waals surface area contributed by atoms with E-state index < -0.39 is 0 Å². The van der Waals surface area contributed by atoms with E-state index in [-0.39, 0.29) is 6.10 Å². The van der Waals surface area contributed by atoms with Crippen LogP contribution in [0.4, 0.5) is 0 Å². The highest BCUT2D eigenvalue weighted by Gasteiger charge is 2.04.